The van der Waals surface area contributed by atoms with Crippen LogP contribution in [0.25, 0.3) is 0 Å². The Balaban J connectivity index is 3.05. The van der Waals surface area contributed by atoms with Crippen molar-refractivity contribution in [2.75, 3.05) is 13.2 Å². The molecule has 0 aromatic heterocycles. The van der Waals surface area contributed by atoms with Gasteiger partial charge in [-0.3, -0.25) is 4.57 Å². The van der Waals surface area contributed by atoms with Gasteiger partial charge in [0, 0.05) is 0 Å². The van der Waals surface area contributed by atoms with E-state index in [9.17, 15) is 9.36 Å². The van der Waals surface area contributed by atoms with Crippen LogP contribution in [-0.4, -0.2) is 26.3 Å². The Bertz CT molecular complexity index is 415. The maximum Gasteiger partial charge on any atom is 0.361 e. The second-order valence-electron chi connectivity index (χ2n) is 4.44. The first-order chi connectivity index (χ1) is 8.33. The molecule has 0 heterocycles. The van der Waals surface area contributed by atoms with Crippen LogP contribution in [0.3, 0.4) is 0 Å². The van der Waals surface area contributed by atoms with Crippen molar-refractivity contribution in [1.29, 1.82) is 0 Å². The molecule has 0 atom stereocenters. The minimum absolute atomic E-state index is 0.333. The van der Waals surface area contributed by atoms with E-state index >= 15 is 0 Å². The Labute approximate surface area is 110 Å². The van der Waals surface area contributed by atoms with Crippen molar-refractivity contribution in [2.45, 2.75) is 26.9 Å². The third-order valence-corrected chi connectivity index (χ3v) is 6.36. The van der Waals surface area contributed by atoms with Crippen molar-refractivity contribution in [1.82, 2.24) is 0 Å². The maximum atomic E-state index is 12.5. The van der Waals surface area contributed by atoms with Gasteiger partial charge in [0.25, 0.3) is 0 Å². The Morgan fingerprint density at radius 1 is 1.11 bits per heavy atom. The monoisotopic (exact) mass is 288 g/mol. The van der Waals surface area contributed by atoms with Gasteiger partial charge in [0.05, 0.1) is 18.5 Å². The Hall–Kier alpha value is -0.453. The minimum Gasteiger partial charge on any atom is -0.428 e. The largest absolute Gasteiger partial charge is 0.428 e. The van der Waals surface area contributed by atoms with Crippen LogP contribution in [0.4, 0.5) is 0 Å². The molecule has 1 N–H and O–H groups in total. The van der Waals surface area contributed by atoms with Gasteiger partial charge < -0.3 is 13.8 Å². The van der Waals surface area contributed by atoms with Crippen molar-refractivity contribution < 1.29 is 18.4 Å². The molecule has 0 unspecified atom stereocenters. The molecule has 0 saturated carbocycles. The standard InChI is InChI=1S/C12H21O4PSi/c1-5-15-17(13,16-6-2)11-7-9-12(10-8-11)18(3,4)14/h7-10,14H,5-6H2,1-4H3. The first-order valence-corrected chi connectivity index (χ1v) is 10.5. The van der Waals surface area contributed by atoms with Crippen LogP contribution >= 0.6 is 7.60 Å². The summed E-state index contributed by atoms with van der Waals surface area (Å²) in [4.78, 5) is 10.00. The molecule has 0 amide bonds. The first-order valence-electron chi connectivity index (χ1n) is 6.06. The van der Waals surface area contributed by atoms with E-state index in [0.29, 0.717) is 18.5 Å². The molecule has 1 aromatic carbocycles. The van der Waals surface area contributed by atoms with Crippen LogP contribution in [0, 0.1) is 0 Å². The van der Waals surface area contributed by atoms with Gasteiger partial charge in [-0.25, -0.2) is 0 Å². The molecule has 6 heteroatoms. The lowest BCUT2D eigenvalue weighted by molar-refractivity contribution is 0.230. The average Bonchev–Trinajstić information content (AvgIpc) is 2.29. The molecule has 0 radical (unpaired) electrons. The molecule has 102 valence electrons. The van der Waals surface area contributed by atoms with Gasteiger partial charge in [-0.05, 0) is 44.3 Å². The van der Waals surface area contributed by atoms with Crippen molar-refractivity contribution in [3.8, 4) is 0 Å². The highest BCUT2D eigenvalue weighted by atomic mass is 31.2. The second kappa shape index (κ2) is 6.13. The second-order valence-corrected chi connectivity index (χ2v) is 10.2. The number of benzene rings is 1. The summed E-state index contributed by atoms with van der Waals surface area (Å²) in [6.07, 6.45) is 0. The van der Waals surface area contributed by atoms with E-state index in [1.54, 1.807) is 38.1 Å². The summed E-state index contributed by atoms with van der Waals surface area (Å²) in [7, 11) is -5.53. The SMILES string of the molecule is CCOP(=O)(OCC)c1ccc([Si](C)(C)O)cc1. The molecule has 1 rings (SSSR count). The van der Waals surface area contributed by atoms with Crippen molar-refractivity contribution in [3.05, 3.63) is 24.3 Å². The number of hydrogen-bond acceptors (Lipinski definition) is 4. The fourth-order valence-corrected chi connectivity index (χ4v) is 4.13. The summed E-state index contributed by atoms with van der Waals surface area (Å²) in [5.41, 5.74) is 0. The molecule has 0 bridgehead atoms. The lowest BCUT2D eigenvalue weighted by Crippen LogP contribution is -2.41. The Morgan fingerprint density at radius 3 is 1.89 bits per heavy atom. The topological polar surface area (TPSA) is 55.8 Å². The van der Waals surface area contributed by atoms with Crippen LogP contribution in [-0.2, 0) is 13.6 Å². The molecular weight excluding hydrogens is 267 g/mol. The fourth-order valence-electron chi connectivity index (χ4n) is 1.58. The first kappa shape index (κ1) is 15.6. The van der Waals surface area contributed by atoms with Gasteiger partial charge in [0.2, 0.25) is 8.32 Å². The normalized spacial score (nSPS) is 12.7. The van der Waals surface area contributed by atoms with E-state index < -0.39 is 15.9 Å². The zero-order chi connectivity index (χ0) is 13.8. The van der Waals surface area contributed by atoms with E-state index in [1.807, 2.05) is 13.1 Å². The predicted molar refractivity (Wildman–Crippen MR) is 76.3 cm³/mol. The lowest BCUT2D eigenvalue weighted by atomic mass is 10.4. The molecule has 0 saturated heterocycles. The van der Waals surface area contributed by atoms with E-state index in [0.717, 1.165) is 5.19 Å². The van der Waals surface area contributed by atoms with Gasteiger partial charge in [-0.1, -0.05) is 12.1 Å². The summed E-state index contributed by atoms with van der Waals surface area (Å²) in [5.74, 6) is 0. The van der Waals surface area contributed by atoms with Crippen LogP contribution in [0.5, 0.6) is 0 Å². The summed E-state index contributed by atoms with van der Waals surface area (Å²) < 4.78 is 23.0. The molecule has 0 aliphatic carbocycles. The number of rotatable bonds is 6. The molecule has 0 aliphatic rings. The number of hydrogen-bond donors (Lipinski definition) is 1. The molecule has 0 fully saturated rings. The van der Waals surface area contributed by atoms with E-state index in [1.165, 1.54) is 0 Å². The van der Waals surface area contributed by atoms with E-state index in [-0.39, 0.29) is 0 Å². The highest BCUT2D eigenvalue weighted by molar-refractivity contribution is 7.62. The smallest absolute Gasteiger partial charge is 0.361 e. The van der Waals surface area contributed by atoms with Gasteiger partial charge in [0.15, 0.2) is 0 Å². The highest BCUT2D eigenvalue weighted by Crippen LogP contribution is 2.46. The quantitative estimate of drug-likeness (QED) is 0.642. The molecular formula is C12H21O4PSi. The van der Waals surface area contributed by atoms with Gasteiger partial charge in [0.1, 0.15) is 0 Å². The molecule has 0 aliphatic heterocycles. The molecule has 0 spiro atoms. The summed E-state index contributed by atoms with van der Waals surface area (Å²) in [5, 5.41) is 1.43. The summed E-state index contributed by atoms with van der Waals surface area (Å²) in [6.45, 7) is 7.91. The molecule has 1 aromatic rings. The Morgan fingerprint density at radius 2 is 1.56 bits per heavy atom. The Kier molecular flexibility index (Phi) is 5.31. The average molecular weight is 288 g/mol. The van der Waals surface area contributed by atoms with E-state index in [4.69, 9.17) is 9.05 Å². The van der Waals surface area contributed by atoms with Gasteiger partial charge in [-0.2, -0.15) is 0 Å². The maximum absolute atomic E-state index is 12.5. The lowest BCUT2D eigenvalue weighted by Gasteiger charge is -2.19. The van der Waals surface area contributed by atoms with Gasteiger partial charge >= 0.3 is 7.60 Å². The van der Waals surface area contributed by atoms with E-state index in [2.05, 4.69) is 0 Å². The minimum atomic E-state index is -3.21. The summed E-state index contributed by atoms with van der Waals surface area (Å²) >= 11 is 0. The third-order valence-electron chi connectivity index (χ3n) is 2.49. The van der Waals surface area contributed by atoms with Crippen LogP contribution < -0.4 is 10.5 Å². The zero-order valence-electron chi connectivity index (χ0n) is 11.3. The van der Waals surface area contributed by atoms with Crippen molar-refractivity contribution >= 4 is 26.4 Å². The van der Waals surface area contributed by atoms with Crippen LogP contribution in [0.1, 0.15) is 13.8 Å². The summed E-state index contributed by atoms with van der Waals surface area (Å²) in [6, 6.07) is 7.03. The van der Waals surface area contributed by atoms with Crippen molar-refractivity contribution in [3.63, 3.8) is 0 Å². The highest BCUT2D eigenvalue weighted by Gasteiger charge is 2.27. The fraction of sp³-hybridized carbons (Fsp3) is 0.500. The molecule has 18 heavy (non-hydrogen) atoms. The zero-order valence-corrected chi connectivity index (χ0v) is 13.2. The molecule has 4 nitrogen and oxygen atoms in total. The van der Waals surface area contributed by atoms with Crippen molar-refractivity contribution in [2.24, 2.45) is 0 Å². The third kappa shape index (κ3) is 3.77. The van der Waals surface area contributed by atoms with Crippen LogP contribution in [0.2, 0.25) is 13.1 Å². The van der Waals surface area contributed by atoms with Gasteiger partial charge in [-0.15, -0.1) is 0 Å². The predicted octanol–water partition coefficient (Wildman–Crippen LogP) is 1.98. The van der Waals surface area contributed by atoms with Crippen LogP contribution in [0.15, 0.2) is 24.3 Å².